The second-order valence-corrected chi connectivity index (χ2v) is 13.2. The zero-order chi connectivity index (χ0) is 12.5. The van der Waals surface area contributed by atoms with Crippen LogP contribution in [0.2, 0.25) is 26.2 Å². The molecule has 0 bridgehead atoms. The molecule has 5 heteroatoms. The Morgan fingerprint density at radius 3 is 1.53 bits per heavy atom. The third-order valence-corrected chi connectivity index (χ3v) is 10.4. The van der Waals surface area contributed by atoms with Gasteiger partial charge in [-0.15, -0.1) is 0 Å². The predicted octanol–water partition coefficient (Wildman–Crippen LogP) is 2.41. The molecular weight excluding hydrogens is 248 g/mol. The summed E-state index contributed by atoms with van der Waals surface area (Å²) in [5.74, 6) is 0. The van der Waals surface area contributed by atoms with Crippen molar-refractivity contribution in [3.8, 4) is 0 Å². The van der Waals surface area contributed by atoms with Gasteiger partial charge in [0.2, 0.25) is 16.6 Å². The summed E-state index contributed by atoms with van der Waals surface area (Å²) in [5.41, 5.74) is 0. The monoisotopic (exact) mass is 266 g/mol. The second kappa shape index (κ2) is 4.32. The van der Waals surface area contributed by atoms with Gasteiger partial charge in [-0.05, 0) is 38.3 Å². The molecule has 0 radical (unpaired) electrons. The second-order valence-electron chi connectivity index (χ2n) is 5.15. The fourth-order valence-corrected chi connectivity index (χ4v) is 9.66. The van der Waals surface area contributed by atoms with Gasteiger partial charge in [-0.25, -0.2) is 0 Å². The fraction of sp³-hybridized carbons (Fsp3) is 0.333. The molecule has 0 amide bonds. The quantitative estimate of drug-likeness (QED) is 0.797. The van der Waals surface area contributed by atoms with Crippen LogP contribution in [0, 0.1) is 0 Å². The first kappa shape index (κ1) is 12.4. The average Bonchev–Trinajstić information content (AvgIpc) is 2.91. The van der Waals surface area contributed by atoms with Crippen molar-refractivity contribution in [1.29, 1.82) is 0 Å². The van der Waals surface area contributed by atoms with E-state index in [4.69, 9.17) is 12.9 Å². The molecule has 0 saturated carbocycles. The first-order chi connectivity index (χ1) is 7.92. The van der Waals surface area contributed by atoms with Crippen LogP contribution in [0.1, 0.15) is 0 Å². The van der Waals surface area contributed by atoms with E-state index in [9.17, 15) is 0 Å². The highest BCUT2D eigenvalue weighted by molar-refractivity contribution is 6.96. The molecule has 2 aromatic rings. The smallest absolute Gasteiger partial charge is 0.209 e. The van der Waals surface area contributed by atoms with Crippen molar-refractivity contribution in [2.45, 2.75) is 26.2 Å². The van der Waals surface area contributed by atoms with Crippen LogP contribution in [-0.2, 0) is 4.12 Å². The molecule has 0 saturated heterocycles. The molecule has 0 aromatic carbocycles. The lowest BCUT2D eigenvalue weighted by atomic mass is 10.7. The summed E-state index contributed by atoms with van der Waals surface area (Å²) < 4.78 is 16.8. The molecule has 2 heterocycles. The number of furan rings is 2. The maximum absolute atomic E-state index is 6.47. The van der Waals surface area contributed by atoms with Crippen LogP contribution in [0.4, 0.5) is 0 Å². The van der Waals surface area contributed by atoms with Crippen molar-refractivity contribution in [3.05, 3.63) is 37.2 Å². The lowest BCUT2D eigenvalue weighted by molar-refractivity contribution is 0.555. The fourth-order valence-electron chi connectivity index (χ4n) is 1.97. The molecular formula is C12H18O3Si2. The Bertz CT molecular complexity index is 414. The van der Waals surface area contributed by atoms with E-state index in [1.165, 1.54) is 10.4 Å². The summed E-state index contributed by atoms with van der Waals surface area (Å²) >= 11 is 0. The highest BCUT2D eigenvalue weighted by Gasteiger charge is 2.37. The van der Waals surface area contributed by atoms with Crippen molar-refractivity contribution < 1.29 is 12.9 Å². The van der Waals surface area contributed by atoms with Gasteiger partial charge in [-0.1, -0.05) is 0 Å². The van der Waals surface area contributed by atoms with Gasteiger partial charge in [0.25, 0.3) is 0 Å². The molecule has 17 heavy (non-hydrogen) atoms. The van der Waals surface area contributed by atoms with Gasteiger partial charge >= 0.3 is 0 Å². The normalized spacial score (nSPS) is 12.9. The third kappa shape index (κ3) is 2.62. The van der Waals surface area contributed by atoms with E-state index in [2.05, 4.69) is 26.2 Å². The molecule has 0 spiro atoms. The van der Waals surface area contributed by atoms with E-state index >= 15 is 0 Å². The van der Waals surface area contributed by atoms with Crippen molar-refractivity contribution in [2.75, 3.05) is 0 Å². The van der Waals surface area contributed by atoms with Crippen LogP contribution in [0.5, 0.6) is 0 Å². The lowest BCUT2D eigenvalue weighted by Gasteiger charge is -2.32. The molecule has 0 unspecified atom stereocenters. The molecule has 0 fully saturated rings. The minimum absolute atomic E-state index is 1.20. The highest BCUT2D eigenvalue weighted by atomic mass is 28.4. The maximum atomic E-state index is 6.47. The van der Waals surface area contributed by atoms with Gasteiger partial charge in [0.15, 0.2) is 0 Å². The van der Waals surface area contributed by atoms with E-state index in [1.807, 2.05) is 12.1 Å². The molecule has 0 aliphatic carbocycles. The zero-order valence-electron chi connectivity index (χ0n) is 10.7. The van der Waals surface area contributed by atoms with Gasteiger partial charge < -0.3 is 12.9 Å². The van der Waals surface area contributed by atoms with Crippen molar-refractivity contribution in [3.63, 3.8) is 0 Å². The summed E-state index contributed by atoms with van der Waals surface area (Å²) in [6.45, 7) is 8.80. The highest BCUT2D eigenvalue weighted by Crippen LogP contribution is 2.15. The SMILES string of the molecule is C[Si](C)(O[Si](C)(C)c1ccoc1)c1ccoc1. The van der Waals surface area contributed by atoms with Gasteiger partial charge in [-0.2, -0.15) is 0 Å². The molecule has 2 aromatic heterocycles. The van der Waals surface area contributed by atoms with Crippen molar-refractivity contribution in [1.82, 2.24) is 0 Å². The molecule has 0 N–H and O–H groups in total. The summed E-state index contributed by atoms with van der Waals surface area (Å²) in [6.07, 6.45) is 7.01. The topological polar surface area (TPSA) is 35.5 Å². The van der Waals surface area contributed by atoms with E-state index in [0.717, 1.165) is 0 Å². The van der Waals surface area contributed by atoms with Crippen molar-refractivity contribution >= 4 is 27.0 Å². The summed E-state index contributed by atoms with van der Waals surface area (Å²) in [5, 5.41) is 2.39. The van der Waals surface area contributed by atoms with Crippen LogP contribution in [0.15, 0.2) is 46.0 Å². The summed E-state index contributed by atoms with van der Waals surface area (Å²) in [4.78, 5) is 0. The number of rotatable bonds is 4. The Morgan fingerprint density at radius 1 is 0.824 bits per heavy atom. The minimum Gasteiger partial charge on any atom is -0.473 e. The lowest BCUT2D eigenvalue weighted by Crippen LogP contribution is -2.57. The molecule has 3 nitrogen and oxygen atoms in total. The van der Waals surface area contributed by atoms with Crippen LogP contribution in [0.3, 0.4) is 0 Å². The molecule has 0 aliphatic rings. The van der Waals surface area contributed by atoms with Gasteiger partial charge in [-0.3, -0.25) is 0 Å². The molecule has 0 aliphatic heterocycles. The Morgan fingerprint density at radius 2 is 1.24 bits per heavy atom. The Kier molecular flexibility index (Phi) is 3.16. The van der Waals surface area contributed by atoms with Gasteiger partial charge in [0.05, 0.1) is 25.1 Å². The first-order valence-corrected chi connectivity index (χ1v) is 11.5. The van der Waals surface area contributed by atoms with E-state index < -0.39 is 16.6 Å². The van der Waals surface area contributed by atoms with Crippen LogP contribution in [0.25, 0.3) is 0 Å². The van der Waals surface area contributed by atoms with Gasteiger partial charge in [0.1, 0.15) is 0 Å². The molecule has 0 atom stereocenters. The van der Waals surface area contributed by atoms with E-state index in [0.29, 0.717) is 0 Å². The zero-order valence-corrected chi connectivity index (χ0v) is 12.7. The maximum Gasteiger partial charge on any atom is 0.209 e. The Hall–Kier alpha value is -1.05. The largest absolute Gasteiger partial charge is 0.473 e. The van der Waals surface area contributed by atoms with E-state index in [1.54, 1.807) is 25.1 Å². The van der Waals surface area contributed by atoms with Crippen LogP contribution < -0.4 is 10.4 Å². The standard InChI is InChI=1S/C12H18O3Si2/c1-16(2,11-5-7-13-9-11)15-17(3,4)12-6-8-14-10-12/h5-10H,1-4H3. The minimum atomic E-state index is -1.89. The van der Waals surface area contributed by atoms with Crippen molar-refractivity contribution in [2.24, 2.45) is 0 Å². The van der Waals surface area contributed by atoms with E-state index in [-0.39, 0.29) is 0 Å². The number of hydrogen-bond donors (Lipinski definition) is 0. The Balaban J connectivity index is 2.21. The Labute approximate surface area is 104 Å². The molecule has 2 rings (SSSR count). The third-order valence-electron chi connectivity index (χ3n) is 2.94. The average molecular weight is 266 g/mol. The number of hydrogen-bond acceptors (Lipinski definition) is 3. The van der Waals surface area contributed by atoms with Crippen LogP contribution >= 0.6 is 0 Å². The van der Waals surface area contributed by atoms with Crippen LogP contribution in [-0.4, -0.2) is 16.6 Å². The predicted molar refractivity (Wildman–Crippen MR) is 72.7 cm³/mol. The molecule has 92 valence electrons. The van der Waals surface area contributed by atoms with Gasteiger partial charge in [0, 0.05) is 10.4 Å². The summed E-state index contributed by atoms with van der Waals surface area (Å²) in [7, 11) is -3.78. The first-order valence-electron chi connectivity index (χ1n) is 5.67. The summed E-state index contributed by atoms with van der Waals surface area (Å²) in [6, 6.07) is 4.01.